The van der Waals surface area contributed by atoms with Gasteiger partial charge >= 0.3 is 5.97 Å². The van der Waals surface area contributed by atoms with E-state index in [1.807, 2.05) is 24.3 Å². The Morgan fingerprint density at radius 1 is 1.29 bits per heavy atom. The van der Waals surface area contributed by atoms with Gasteiger partial charge in [-0.15, -0.1) is 5.10 Å². The molecule has 0 saturated heterocycles. The molecule has 1 aromatic heterocycles. The molecule has 0 fully saturated rings. The molecule has 1 heterocycles. The van der Waals surface area contributed by atoms with Crippen LogP contribution in [0, 0.1) is 0 Å². The molecule has 5 nitrogen and oxygen atoms in total. The van der Waals surface area contributed by atoms with E-state index < -0.39 is 5.97 Å². The Bertz CT molecular complexity index is 819. The first kappa shape index (κ1) is 13.8. The number of halogens is 1. The number of ether oxygens (including phenoxy) is 1. The van der Waals surface area contributed by atoms with Gasteiger partial charge in [0.05, 0.1) is 0 Å². The first-order valence-corrected chi connectivity index (χ1v) is 7.16. The predicted molar refractivity (Wildman–Crippen MR) is 79.7 cm³/mol. The maximum absolute atomic E-state index is 12.0. The normalized spacial score (nSPS) is 10.7. The maximum atomic E-state index is 12.0. The van der Waals surface area contributed by atoms with Gasteiger partial charge in [-0.1, -0.05) is 40.4 Å². The standard InChI is InChI=1S/C14H9ClN2O3S/c15-13-11(16-17-21-13)7-20-14(19)10-5-8-3-1-2-4-9(8)6-12(10)18/h1-6,18H,7H2. The molecule has 3 rings (SSSR count). The fraction of sp³-hybridized carbons (Fsp3) is 0.0714. The second kappa shape index (κ2) is 5.67. The number of carbonyl (C=O) groups is 1. The van der Waals surface area contributed by atoms with Crippen molar-refractivity contribution in [2.24, 2.45) is 0 Å². The lowest BCUT2D eigenvalue weighted by Gasteiger charge is -2.07. The van der Waals surface area contributed by atoms with Gasteiger partial charge < -0.3 is 9.84 Å². The molecule has 3 aromatic rings. The highest BCUT2D eigenvalue weighted by molar-refractivity contribution is 7.10. The first-order chi connectivity index (χ1) is 10.1. The second-order valence-electron chi connectivity index (χ2n) is 4.29. The van der Waals surface area contributed by atoms with Gasteiger partial charge in [0.2, 0.25) is 0 Å². The fourth-order valence-corrected chi connectivity index (χ4v) is 2.49. The Morgan fingerprint density at radius 3 is 2.67 bits per heavy atom. The SMILES string of the molecule is O=C(OCc1nnsc1Cl)c1cc2ccccc2cc1O. The van der Waals surface area contributed by atoms with Crippen LogP contribution < -0.4 is 0 Å². The van der Waals surface area contributed by atoms with Crippen LogP contribution in [0.15, 0.2) is 36.4 Å². The van der Waals surface area contributed by atoms with Crippen LogP contribution in [0.4, 0.5) is 0 Å². The Balaban J connectivity index is 1.84. The third-order valence-electron chi connectivity index (χ3n) is 2.93. The largest absolute Gasteiger partial charge is 0.507 e. The van der Waals surface area contributed by atoms with Crippen molar-refractivity contribution in [3.05, 3.63) is 52.0 Å². The van der Waals surface area contributed by atoms with Crippen molar-refractivity contribution in [2.75, 3.05) is 0 Å². The Hall–Kier alpha value is -2.18. The van der Waals surface area contributed by atoms with E-state index in [2.05, 4.69) is 9.59 Å². The summed E-state index contributed by atoms with van der Waals surface area (Å²) in [6, 6.07) is 10.5. The van der Waals surface area contributed by atoms with Crippen LogP contribution in [0.2, 0.25) is 4.34 Å². The third kappa shape index (κ3) is 2.81. The second-order valence-corrected chi connectivity index (χ2v) is 5.64. The number of aromatic nitrogens is 2. The Morgan fingerprint density at radius 2 is 2.00 bits per heavy atom. The maximum Gasteiger partial charge on any atom is 0.342 e. The molecule has 2 aromatic carbocycles. The zero-order valence-corrected chi connectivity index (χ0v) is 12.2. The summed E-state index contributed by atoms with van der Waals surface area (Å²) >= 11 is 6.85. The summed E-state index contributed by atoms with van der Waals surface area (Å²) in [6.45, 7) is -0.0829. The highest BCUT2D eigenvalue weighted by atomic mass is 35.5. The minimum atomic E-state index is -0.637. The summed E-state index contributed by atoms with van der Waals surface area (Å²) in [6.07, 6.45) is 0. The van der Waals surface area contributed by atoms with Gasteiger partial charge in [-0.2, -0.15) is 0 Å². The number of carbonyl (C=O) groups excluding carboxylic acids is 1. The van der Waals surface area contributed by atoms with Gasteiger partial charge in [-0.3, -0.25) is 0 Å². The quantitative estimate of drug-likeness (QED) is 0.749. The average molecular weight is 321 g/mol. The number of benzene rings is 2. The number of aromatic hydroxyl groups is 1. The molecule has 0 atom stereocenters. The molecular formula is C14H9ClN2O3S. The van der Waals surface area contributed by atoms with Gasteiger partial charge in [-0.25, -0.2) is 4.79 Å². The third-order valence-corrected chi connectivity index (χ3v) is 3.92. The van der Waals surface area contributed by atoms with Crippen molar-refractivity contribution in [1.29, 1.82) is 0 Å². The number of fused-ring (bicyclic) bond motifs is 1. The zero-order chi connectivity index (χ0) is 14.8. The summed E-state index contributed by atoms with van der Waals surface area (Å²) in [4.78, 5) is 12.0. The molecule has 0 unspecified atom stereocenters. The molecule has 7 heteroatoms. The van der Waals surface area contributed by atoms with E-state index in [0.717, 1.165) is 22.3 Å². The van der Waals surface area contributed by atoms with Crippen molar-refractivity contribution < 1.29 is 14.6 Å². The van der Waals surface area contributed by atoms with E-state index >= 15 is 0 Å². The first-order valence-electron chi connectivity index (χ1n) is 6.01. The van der Waals surface area contributed by atoms with Crippen molar-refractivity contribution in [2.45, 2.75) is 6.61 Å². The molecule has 1 N–H and O–H groups in total. The number of nitrogens with zero attached hydrogens (tertiary/aromatic N) is 2. The van der Waals surface area contributed by atoms with Crippen LogP contribution in [0.1, 0.15) is 16.1 Å². The van der Waals surface area contributed by atoms with E-state index in [1.54, 1.807) is 6.07 Å². The van der Waals surface area contributed by atoms with Gasteiger partial charge in [0.15, 0.2) is 0 Å². The van der Waals surface area contributed by atoms with Gasteiger partial charge in [0.25, 0.3) is 0 Å². The topological polar surface area (TPSA) is 72.3 Å². The lowest BCUT2D eigenvalue weighted by Crippen LogP contribution is -2.06. The summed E-state index contributed by atoms with van der Waals surface area (Å²) in [5, 5.41) is 15.4. The summed E-state index contributed by atoms with van der Waals surface area (Å²) in [5.74, 6) is -0.761. The molecule has 0 bridgehead atoms. The van der Waals surface area contributed by atoms with E-state index in [0.29, 0.717) is 10.0 Å². The van der Waals surface area contributed by atoms with E-state index in [9.17, 15) is 9.90 Å². The molecule has 21 heavy (non-hydrogen) atoms. The lowest BCUT2D eigenvalue weighted by molar-refractivity contribution is 0.0465. The van der Waals surface area contributed by atoms with Crippen LogP contribution in [0.5, 0.6) is 5.75 Å². The lowest BCUT2D eigenvalue weighted by atomic mass is 10.1. The van der Waals surface area contributed by atoms with Gasteiger partial charge in [-0.05, 0) is 22.9 Å². The Kier molecular flexibility index (Phi) is 3.72. The van der Waals surface area contributed by atoms with Crippen LogP contribution in [-0.4, -0.2) is 20.7 Å². The number of esters is 1. The van der Waals surface area contributed by atoms with E-state index in [1.165, 1.54) is 6.07 Å². The number of phenols is 1. The number of phenolic OH excluding ortho intramolecular Hbond substituents is 1. The van der Waals surface area contributed by atoms with E-state index in [-0.39, 0.29) is 17.9 Å². The van der Waals surface area contributed by atoms with Crippen LogP contribution >= 0.6 is 23.1 Å². The number of hydrogen-bond acceptors (Lipinski definition) is 6. The molecule has 0 aliphatic rings. The average Bonchev–Trinajstić information content (AvgIpc) is 2.89. The Labute approximate surface area is 128 Å². The minimum absolute atomic E-state index is 0.0829. The summed E-state index contributed by atoms with van der Waals surface area (Å²) < 4.78 is 9.13. The molecule has 0 aliphatic heterocycles. The van der Waals surface area contributed by atoms with Crippen molar-refractivity contribution in [1.82, 2.24) is 9.59 Å². The molecule has 0 spiro atoms. The smallest absolute Gasteiger partial charge is 0.342 e. The molecular weight excluding hydrogens is 312 g/mol. The molecule has 0 amide bonds. The van der Waals surface area contributed by atoms with Crippen molar-refractivity contribution in [3.63, 3.8) is 0 Å². The van der Waals surface area contributed by atoms with Gasteiger partial charge in [0, 0.05) is 11.5 Å². The zero-order valence-electron chi connectivity index (χ0n) is 10.6. The van der Waals surface area contributed by atoms with Crippen molar-refractivity contribution in [3.8, 4) is 5.75 Å². The highest BCUT2D eigenvalue weighted by Gasteiger charge is 2.15. The van der Waals surface area contributed by atoms with Crippen LogP contribution in [0.3, 0.4) is 0 Å². The number of hydrogen-bond donors (Lipinski definition) is 1. The van der Waals surface area contributed by atoms with Crippen LogP contribution in [0.25, 0.3) is 10.8 Å². The predicted octanol–water partition coefficient (Wildman–Crippen LogP) is 3.41. The minimum Gasteiger partial charge on any atom is -0.507 e. The molecule has 0 saturated carbocycles. The van der Waals surface area contributed by atoms with E-state index in [4.69, 9.17) is 16.3 Å². The number of rotatable bonds is 3. The molecule has 0 aliphatic carbocycles. The van der Waals surface area contributed by atoms with Gasteiger partial charge in [0.1, 0.15) is 28.0 Å². The van der Waals surface area contributed by atoms with Crippen LogP contribution in [-0.2, 0) is 11.3 Å². The summed E-state index contributed by atoms with van der Waals surface area (Å²) in [7, 11) is 0. The molecule has 106 valence electrons. The highest BCUT2D eigenvalue weighted by Crippen LogP contribution is 2.26. The monoisotopic (exact) mass is 320 g/mol. The van der Waals surface area contributed by atoms with Crippen molar-refractivity contribution >= 4 is 39.9 Å². The summed E-state index contributed by atoms with van der Waals surface area (Å²) in [5.41, 5.74) is 0.503. The molecule has 0 radical (unpaired) electrons. The fourth-order valence-electron chi connectivity index (χ4n) is 1.89.